The molecule has 0 amide bonds. The first-order valence-electron chi connectivity index (χ1n) is 7.36. The Hall–Kier alpha value is -0.950. The van der Waals surface area contributed by atoms with E-state index in [0.717, 1.165) is 5.57 Å². The van der Waals surface area contributed by atoms with Crippen LogP contribution in [-0.2, 0) is 19.0 Å². The van der Waals surface area contributed by atoms with Crippen molar-refractivity contribution in [2.24, 2.45) is 17.3 Å². The van der Waals surface area contributed by atoms with Gasteiger partial charge in [-0.3, -0.25) is 4.79 Å². The summed E-state index contributed by atoms with van der Waals surface area (Å²) < 4.78 is 16.9. The molecule has 5 aliphatic rings. The molecule has 6 nitrogen and oxygen atoms in total. The molecule has 21 heavy (non-hydrogen) atoms. The van der Waals surface area contributed by atoms with Gasteiger partial charge in [0.1, 0.15) is 35.6 Å². The summed E-state index contributed by atoms with van der Waals surface area (Å²) >= 11 is 0. The zero-order valence-corrected chi connectivity index (χ0v) is 11.9. The molecule has 0 aromatic rings. The lowest BCUT2D eigenvalue weighted by Crippen LogP contribution is -2.70. The third-order valence-electron chi connectivity index (χ3n) is 6.74. The number of rotatable bonds is 1. The molecule has 3 saturated heterocycles. The zero-order chi connectivity index (χ0) is 14.9. The Balaban J connectivity index is 1.79. The van der Waals surface area contributed by atoms with Crippen LogP contribution in [0.25, 0.3) is 0 Å². The van der Waals surface area contributed by atoms with E-state index in [1.807, 2.05) is 6.92 Å². The molecular formula is C15H18O6. The summed E-state index contributed by atoms with van der Waals surface area (Å²) in [5, 5.41) is 22.5. The minimum atomic E-state index is -1.47. The highest BCUT2D eigenvalue weighted by atomic mass is 16.7. The van der Waals surface area contributed by atoms with Gasteiger partial charge in [-0.05, 0) is 6.92 Å². The first-order valence-corrected chi connectivity index (χ1v) is 7.36. The molecule has 6 heteroatoms. The Morgan fingerprint density at radius 2 is 2.05 bits per heavy atom. The van der Waals surface area contributed by atoms with Gasteiger partial charge in [-0.1, -0.05) is 19.1 Å². The summed E-state index contributed by atoms with van der Waals surface area (Å²) in [7, 11) is 0. The maximum Gasteiger partial charge on any atom is 0.313 e. The van der Waals surface area contributed by atoms with Gasteiger partial charge in [-0.15, -0.1) is 0 Å². The van der Waals surface area contributed by atoms with Gasteiger partial charge in [0.25, 0.3) is 0 Å². The van der Waals surface area contributed by atoms with E-state index >= 15 is 0 Å². The predicted molar refractivity (Wildman–Crippen MR) is 68.1 cm³/mol. The molecule has 5 rings (SSSR count). The molecule has 2 saturated carbocycles. The minimum Gasteiger partial charge on any atom is -0.459 e. The fourth-order valence-corrected chi connectivity index (χ4v) is 5.65. The van der Waals surface area contributed by atoms with Crippen LogP contribution in [0.15, 0.2) is 12.2 Å². The van der Waals surface area contributed by atoms with Gasteiger partial charge in [0.2, 0.25) is 0 Å². The lowest BCUT2D eigenvalue weighted by molar-refractivity contribution is -0.227. The maximum absolute atomic E-state index is 12.4. The molecule has 9 atom stereocenters. The van der Waals surface area contributed by atoms with Crippen LogP contribution in [-0.4, -0.2) is 58.4 Å². The third kappa shape index (κ3) is 0.933. The van der Waals surface area contributed by atoms with Crippen LogP contribution in [0.1, 0.15) is 13.8 Å². The number of hydrogen-bond acceptors (Lipinski definition) is 6. The van der Waals surface area contributed by atoms with E-state index in [4.69, 9.17) is 14.2 Å². The van der Waals surface area contributed by atoms with Crippen molar-refractivity contribution in [2.45, 2.75) is 49.5 Å². The van der Waals surface area contributed by atoms with Crippen molar-refractivity contribution in [3.63, 3.8) is 0 Å². The van der Waals surface area contributed by atoms with Crippen LogP contribution in [0.2, 0.25) is 0 Å². The van der Waals surface area contributed by atoms with E-state index in [0.29, 0.717) is 0 Å². The molecule has 2 N–H and O–H groups in total. The maximum atomic E-state index is 12.4. The molecule has 6 unspecified atom stereocenters. The van der Waals surface area contributed by atoms with E-state index in [2.05, 4.69) is 6.58 Å². The second-order valence-corrected chi connectivity index (χ2v) is 7.41. The van der Waals surface area contributed by atoms with Crippen LogP contribution in [0.5, 0.6) is 0 Å². The quantitative estimate of drug-likeness (QED) is 0.381. The van der Waals surface area contributed by atoms with Gasteiger partial charge in [0, 0.05) is 5.92 Å². The highest BCUT2D eigenvalue weighted by Gasteiger charge is 2.93. The Morgan fingerprint density at radius 1 is 1.33 bits per heavy atom. The van der Waals surface area contributed by atoms with E-state index in [1.165, 1.54) is 0 Å². The predicted octanol–water partition coefficient (Wildman–Crippen LogP) is -0.618. The number of ether oxygens (including phenoxy) is 3. The average Bonchev–Trinajstić information content (AvgIpc) is 3.05. The van der Waals surface area contributed by atoms with Crippen molar-refractivity contribution >= 4 is 5.97 Å². The first-order chi connectivity index (χ1) is 9.78. The Labute approximate surface area is 121 Å². The number of epoxide rings is 1. The minimum absolute atomic E-state index is 0.0985. The summed E-state index contributed by atoms with van der Waals surface area (Å²) in [6.07, 6.45) is -2.02. The molecular weight excluding hydrogens is 276 g/mol. The van der Waals surface area contributed by atoms with Crippen molar-refractivity contribution in [3.05, 3.63) is 12.2 Å². The summed E-state index contributed by atoms with van der Waals surface area (Å²) in [5.41, 5.74) is -2.90. The molecule has 114 valence electrons. The Kier molecular flexibility index (Phi) is 1.83. The van der Waals surface area contributed by atoms with Crippen LogP contribution in [0.4, 0.5) is 0 Å². The fraction of sp³-hybridized carbons (Fsp3) is 0.800. The number of fused-ring (bicyclic) bond motifs is 7. The zero-order valence-electron chi connectivity index (χ0n) is 11.9. The second kappa shape index (κ2) is 3.06. The van der Waals surface area contributed by atoms with E-state index in [1.54, 1.807) is 6.92 Å². The summed E-state index contributed by atoms with van der Waals surface area (Å²) in [6.45, 7) is 7.69. The SMILES string of the molecule is C=C(C)C1C2OC(=O)C1[C@]1(O)C3OC3[C@]3(O)COC2[C@]13C. The number of carbonyl (C=O) groups excluding carboxylic acids is 1. The Bertz CT molecular complexity index is 603. The van der Waals surface area contributed by atoms with Gasteiger partial charge in [-0.2, -0.15) is 0 Å². The molecule has 3 heterocycles. The Morgan fingerprint density at radius 3 is 2.71 bits per heavy atom. The molecule has 0 aromatic carbocycles. The lowest BCUT2D eigenvalue weighted by Gasteiger charge is -2.53. The summed E-state index contributed by atoms with van der Waals surface area (Å²) in [6, 6.07) is 0. The largest absolute Gasteiger partial charge is 0.459 e. The van der Waals surface area contributed by atoms with Crippen LogP contribution < -0.4 is 0 Å². The van der Waals surface area contributed by atoms with Crippen molar-refractivity contribution < 1.29 is 29.2 Å². The molecule has 0 aromatic heterocycles. The average molecular weight is 294 g/mol. The topological polar surface area (TPSA) is 88.5 Å². The van der Waals surface area contributed by atoms with Gasteiger partial charge >= 0.3 is 5.97 Å². The smallest absolute Gasteiger partial charge is 0.313 e. The van der Waals surface area contributed by atoms with Crippen LogP contribution in [0.3, 0.4) is 0 Å². The molecule has 3 aliphatic heterocycles. The van der Waals surface area contributed by atoms with Crippen LogP contribution in [0, 0.1) is 17.3 Å². The molecule has 2 bridgehead atoms. The normalized spacial score (nSPS) is 65.8. The monoisotopic (exact) mass is 294 g/mol. The molecule has 5 fully saturated rings. The van der Waals surface area contributed by atoms with Gasteiger partial charge in [0.15, 0.2) is 0 Å². The third-order valence-corrected chi connectivity index (χ3v) is 6.74. The number of aliphatic hydroxyl groups is 2. The number of esters is 1. The lowest BCUT2D eigenvalue weighted by atomic mass is 9.52. The van der Waals surface area contributed by atoms with Crippen molar-refractivity contribution in [3.8, 4) is 0 Å². The van der Waals surface area contributed by atoms with Crippen molar-refractivity contribution in [2.75, 3.05) is 6.61 Å². The second-order valence-electron chi connectivity index (χ2n) is 7.41. The van der Waals surface area contributed by atoms with E-state index < -0.39 is 52.9 Å². The summed E-state index contributed by atoms with van der Waals surface area (Å²) in [5.74, 6) is -1.48. The first kappa shape index (κ1) is 12.6. The van der Waals surface area contributed by atoms with Gasteiger partial charge in [-0.25, -0.2) is 0 Å². The molecule has 2 aliphatic carbocycles. The highest BCUT2D eigenvalue weighted by molar-refractivity contribution is 5.80. The van der Waals surface area contributed by atoms with Gasteiger partial charge in [0.05, 0.1) is 17.9 Å². The summed E-state index contributed by atoms with van der Waals surface area (Å²) in [4.78, 5) is 12.4. The molecule has 0 spiro atoms. The van der Waals surface area contributed by atoms with E-state index in [-0.39, 0.29) is 12.5 Å². The van der Waals surface area contributed by atoms with Crippen molar-refractivity contribution in [1.82, 2.24) is 0 Å². The van der Waals surface area contributed by atoms with Crippen LogP contribution >= 0.6 is 0 Å². The number of hydrogen-bond donors (Lipinski definition) is 2. The van der Waals surface area contributed by atoms with Gasteiger partial charge < -0.3 is 24.4 Å². The molecule has 0 radical (unpaired) electrons. The van der Waals surface area contributed by atoms with Crippen molar-refractivity contribution in [1.29, 1.82) is 0 Å². The standard InChI is InChI=1S/C15H18O6/c1-5(2)6-7-12(16)20-8(6)9-13(3)14(17,4-19-9)10-11(21-10)15(7,13)18/h6-11,17-18H,1,4H2,2-3H3/t6?,7?,8?,9?,10?,11?,13-,14+,15-/m0/s1. The fourth-order valence-electron chi connectivity index (χ4n) is 5.65. The van der Waals surface area contributed by atoms with E-state index in [9.17, 15) is 15.0 Å². The number of carbonyl (C=O) groups is 1. The highest BCUT2D eigenvalue weighted by Crippen LogP contribution is 2.74.